The highest BCUT2D eigenvalue weighted by molar-refractivity contribution is 4.72. The number of hydrogen-bond donors (Lipinski definition) is 1. The molecule has 56 valence electrons. The normalized spacial score (nSPS) is 16.7. The third-order valence-corrected chi connectivity index (χ3v) is 1.56. The Morgan fingerprint density at radius 1 is 1.50 bits per heavy atom. The van der Waals surface area contributed by atoms with Gasteiger partial charge in [-0.1, -0.05) is 5.21 Å². The van der Waals surface area contributed by atoms with Crippen LogP contribution in [0.3, 0.4) is 0 Å². The van der Waals surface area contributed by atoms with Crippen molar-refractivity contribution in [3.05, 3.63) is 12.4 Å². The average molecular weight is 141 g/mol. The highest BCUT2D eigenvalue weighted by Crippen LogP contribution is 2.06. The van der Waals surface area contributed by atoms with Gasteiger partial charge < -0.3 is 5.11 Å². The Hall–Kier alpha value is -0.900. The molecule has 0 saturated carbocycles. The summed E-state index contributed by atoms with van der Waals surface area (Å²) in [6.07, 6.45) is 2.94. The van der Waals surface area contributed by atoms with Crippen molar-refractivity contribution in [1.29, 1.82) is 0 Å². The van der Waals surface area contributed by atoms with Gasteiger partial charge in [0.2, 0.25) is 0 Å². The van der Waals surface area contributed by atoms with Gasteiger partial charge in [0.1, 0.15) is 0 Å². The molecule has 0 aliphatic rings. The molecule has 10 heavy (non-hydrogen) atoms. The molecule has 0 bridgehead atoms. The van der Waals surface area contributed by atoms with Crippen LogP contribution < -0.4 is 0 Å². The summed E-state index contributed by atoms with van der Waals surface area (Å²) in [4.78, 5) is 0. The molecule has 1 aromatic rings. The fourth-order valence-corrected chi connectivity index (χ4v) is 0.656. The fraction of sp³-hybridized carbons (Fsp3) is 0.667. The van der Waals surface area contributed by atoms with E-state index in [0.717, 1.165) is 0 Å². The SMILES string of the molecule is CC(O)C(C)n1ccnn1. The van der Waals surface area contributed by atoms with Gasteiger partial charge in [-0.25, -0.2) is 4.68 Å². The number of aliphatic hydroxyl groups is 1. The van der Waals surface area contributed by atoms with E-state index in [1.807, 2.05) is 6.92 Å². The lowest BCUT2D eigenvalue weighted by Crippen LogP contribution is -2.18. The lowest BCUT2D eigenvalue weighted by molar-refractivity contribution is 0.131. The highest BCUT2D eigenvalue weighted by atomic mass is 16.3. The van der Waals surface area contributed by atoms with Gasteiger partial charge in [-0.3, -0.25) is 0 Å². The van der Waals surface area contributed by atoms with Crippen LogP contribution in [0.5, 0.6) is 0 Å². The van der Waals surface area contributed by atoms with Crippen molar-refractivity contribution < 1.29 is 5.11 Å². The van der Waals surface area contributed by atoms with E-state index in [9.17, 15) is 0 Å². The molecule has 0 fully saturated rings. The monoisotopic (exact) mass is 141 g/mol. The topological polar surface area (TPSA) is 50.9 Å². The molecule has 4 nitrogen and oxygen atoms in total. The van der Waals surface area contributed by atoms with Crippen LogP contribution in [0.4, 0.5) is 0 Å². The molecule has 0 aliphatic carbocycles. The predicted octanol–water partition coefficient (Wildman–Crippen LogP) is 0.220. The van der Waals surface area contributed by atoms with Gasteiger partial charge in [0.25, 0.3) is 0 Å². The minimum absolute atomic E-state index is 0.00231. The Balaban J connectivity index is 2.68. The Morgan fingerprint density at radius 3 is 2.60 bits per heavy atom. The molecule has 1 rings (SSSR count). The van der Waals surface area contributed by atoms with Gasteiger partial charge in [-0.2, -0.15) is 0 Å². The molecule has 1 heterocycles. The molecule has 1 aromatic heterocycles. The van der Waals surface area contributed by atoms with Gasteiger partial charge in [-0.05, 0) is 13.8 Å². The van der Waals surface area contributed by atoms with Crippen LogP contribution in [0, 0.1) is 0 Å². The molecule has 2 unspecified atom stereocenters. The first kappa shape index (κ1) is 7.21. The Morgan fingerprint density at radius 2 is 2.20 bits per heavy atom. The summed E-state index contributed by atoms with van der Waals surface area (Å²) in [6, 6.07) is 0.00231. The van der Waals surface area contributed by atoms with Crippen LogP contribution in [0.15, 0.2) is 12.4 Å². The maximum atomic E-state index is 9.10. The van der Waals surface area contributed by atoms with Crippen LogP contribution >= 0.6 is 0 Å². The zero-order valence-electron chi connectivity index (χ0n) is 6.10. The summed E-state index contributed by atoms with van der Waals surface area (Å²) in [5.74, 6) is 0. The number of rotatable bonds is 2. The molecule has 1 N–H and O–H groups in total. The second kappa shape index (κ2) is 2.79. The zero-order valence-corrected chi connectivity index (χ0v) is 6.10. The fourth-order valence-electron chi connectivity index (χ4n) is 0.656. The summed E-state index contributed by atoms with van der Waals surface area (Å²) in [7, 11) is 0. The second-order valence-electron chi connectivity index (χ2n) is 2.36. The average Bonchev–Trinajstić information content (AvgIpc) is 2.36. The van der Waals surface area contributed by atoms with Crippen molar-refractivity contribution in [2.75, 3.05) is 0 Å². The lowest BCUT2D eigenvalue weighted by atomic mass is 10.2. The van der Waals surface area contributed by atoms with Crippen LogP contribution in [-0.2, 0) is 0 Å². The van der Waals surface area contributed by atoms with E-state index in [1.165, 1.54) is 0 Å². The van der Waals surface area contributed by atoms with E-state index < -0.39 is 0 Å². The van der Waals surface area contributed by atoms with E-state index in [4.69, 9.17) is 5.11 Å². The van der Waals surface area contributed by atoms with Gasteiger partial charge in [0.15, 0.2) is 0 Å². The number of aromatic nitrogens is 3. The van der Waals surface area contributed by atoms with Crippen molar-refractivity contribution >= 4 is 0 Å². The van der Waals surface area contributed by atoms with Crippen LogP contribution in [0.2, 0.25) is 0 Å². The maximum Gasteiger partial charge on any atom is 0.0764 e. The molecule has 0 aromatic carbocycles. The minimum atomic E-state index is -0.387. The number of aliphatic hydroxyl groups excluding tert-OH is 1. The largest absolute Gasteiger partial charge is 0.391 e. The molecular weight excluding hydrogens is 130 g/mol. The van der Waals surface area contributed by atoms with E-state index >= 15 is 0 Å². The van der Waals surface area contributed by atoms with Crippen molar-refractivity contribution in [2.24, 2.45) is 0 Å². The molecule has 0 aliphatic heterocycles. The molecule has 0 saturated heterocycles. The van der Waals surface area contributed by atoms with Gasteiger partial charge >= 0.3 is 0 Å². The predicted molar refractivity (Wildman–Crippen MR) is 36.4 cm³/mol. The van der Waals surface area contributed by atoms with Crippen molar-refractivity contribution in [2.45, 2.75) is 26.0 Å². The van der Waals surface area contributed by atoms with Crippen LogP contribution in [0.25, 0.3) is 0 Å². The first-order chi connectivity index (χ1) is 4.72. The van der Waals surface area contributed by atoms with Gasteiger partial charge in [0.05, 0.1) is 18.3 Å². The smallest absolute Gasteiger partial charge is 0.0764 e. The molecule has 0 spiro atoms. The van der Waals surface area contributed by atoms with E-state index in [1.54, 1.807) is 24.0 Å². The minimum Gasteiger partial charge on any atom is -0.391 e. The van der Waals surface area contributed by atoms with Crippen LogP contribution in [0.1, 0.15) is 19.9 Å². The first-order valence-corrected chi connectivity index (χ1v) is 3.25. The standard InChI is InChI=1S/C6H11N3O/c1-5(6(2)10)9-4-3-7-8-9/h3-6,10H,1-2H3. The summed E-state index contributed by atoms with van der Waals surface area (Å²) in [6.45, 7) is 3.62. The van der Waals surface area contributed by atoms with Crippen molar-refractivity contribution in [3.63, 3.8) is 0 Å². The van der Waals surface area contributed by atoms with Crippen LogP contribution in [-0.4, -0.2) is 26.2 Å². The van der Waals surface area contributed by atoms with Crippen molar-refractivity contribution in [3.8, 4) is 0 Å². The lowest BCUT2D eigenvalue weighted by Gasteiger charge is -2.13. The van der Waals surface area contributed by atoms with Crippen molar-refractivity contribution in [1.82, 2.24) is 15.0 Å². The molecule has 4 heteroatoms. The number of nitrogens with zero attached hydrogens (tertiary/aromatic N) is 3. The zero-order chi connectivity index (χ0) is 7.56. The number of hydrogen-bond acceptors (Lipinski definition) is 3. The highest BCUT2D eigenvalue weighted by Gasteiger charge is 2.09. The summed E-state index contributed by atoms with van der Waals surface area (Å²) in [5.41, 5.74) is 0. The van der Waals surface area contributed by atoms with Gasteiger partial charge in [-0.15, -0.1) is 5.10 Å². The Labute approximate surface area is 59.5 Å². The summed E-state index contributed by atoms with van der Waals surface area (Å²) in [5, 5.41) is 16.5. The maximum absolute atomic E-state index is 9.10. The molecule has 0 radical (unpaired) electrons. The quantitative estimate of drug-likeness (QED) is 0.641. The van der Waals surface area contributed by atoms with Gasteiger partial charge in [0, 0.05) is 6.20 Å². The summed E-state index contributed by atoms with van der Waals surface area (Å²) < 4.78 is 1.63. The van der Waals surface area contributed by atoms with E-state index in [2.05, 4.69) is 10.3 Å². The Kier molecular flexibility index (Phi) is 2.01. The Bertz CT molecular complexity index is 183. The summed E-state index contributed by atoms with van der Waals surface area (Å²) >= 11 is 0. The van der Waals surface area contributed by atoms with E-state index in [-0.39, 0.29) is 12.1 Å². The second-order valence-corrected chi connectivity index (χ2v) is 2.36. The molecule has 2 atom stereocenters. The third-order valence-electron chi connectivity index (χ3n) is 1.56. The molecule has 0 amide bonds. The third kappa shape index (κ3) is 1.33. The van der Waals surface area contributed by atoms with E-state index in [0.29, 0.717) is 0 Å². The molecular formula is C6H11N3O. The first-order valence-electron chi connectivity index (χ1n) is 3.25.